The molecule has 2 aliphatic carbocycles. The lowest BCUT2D eigenvalue weighted by molar-refractivity contribution is 0.0238. The Morgan fingerprint density at radius 1 is 1.21 bits per heavy atom. The summed E-state index contributed by atoms with van der Waals surface area (Å²) in [7, 11) is 0. The Kier molecular flexibility index (Phi) is 4.51. The Bertz CT molecular complexity index is 380. The molecule has 2 saturated carbocycles. The molecule has 4 heteroatoms. The van der Waals surface area contributed by atoms with Crippen molar-refractivity contribution in [3.05, 3.63) is 18.2 Å². The fourth-order valence-corrected chi connectivity index (χ4v) is 2.78. The summed E-state index contributed by atoms with van der Waals surface area (Å²) in [5.74, 6) is 0. The summed E-state index contributed by atoms with van der Waals surface area (Å²) >= 11 is 0. The average Bonchev–Trinajstić information content (AvgIpc) is 3.17. The monoisotopic (exact) mass is 263 g/mol. The van der Waals surface area contributed by atoms with E-state index >= 15 is 0 Å². The molecule has 1 aromatic rings. The minimum atomic E-state index is 0.505. The Balaban J connectivity index is 1.39. The van der Waals surface area contributed by atoms with Crippen LogP contribution in [0.25, 0.3) is 0 Å². The molecule has 0 spiro atoms. The second-order valence-corrected chi connectivity index (χ2v) is 5.86. The van der Waals surface area contributed by atoms with E-state index in [-0.39, 0.29) is 0 Å². The van der Waals surface area contributed by atoms with Gasteiger partial charge in [-0.3, -0.25) is 0 Å². The van der Waals surface area contributed by atoms with Crippen LogP contribution in [0.4, 0.5) is 0 Å². The minimum Gasteiger partial charge on any atom is -0.376 e. The van der Waals surface area contributed by atoms with Gasteiger partial charge in [-0.1, -0.05) is 19.3 Å². The van der Waals surface area contributed by atoms with Crippen LogP contribution >= 0.6 is 0 Å². The highest BCUT2D eigenvalue weighted by atomic mass is 16.5. The van der Waals surface area contributed by atoms with E-state index in [2.05, 4.69) is 14.9 Å². The van der Waals surface area contributed by atoms with Crippen molar-refractivity contribution in [1.82, 2.24) is 14.9 Å². The van der Waals surface area contributed by atoms with Crippen molar-refractivity contribution in [1.29, 1.82) is 0 Å². The molecule has 2 fully saturated rings. The molecule has 0 aliphatic heterocycles. The zero-order valence-corrected chi connectivity index (χ0v) is 11.7. The minimum absolute atomic E-state index is 0.505. The summed E-state index contributed by atoms with van der Waals surface area (Å²) in [5.41, 5.74) is 1.28. The summed E-state index contributed by atoms with van der Waals surface area (Å²) in [6.45, 7) is 2.68. The highest BCUT2D eigenvalue weighted by molar-refractivity contribution is 4.99. The molecule has 0 radical (unpaired) electrons. The topological polar surface area (TPSA) is 39.1 Å². The first-order valence-electron chi connectivity index (χ1n) is 7.76. The van der Waals surface area contributed by atoms with Crippen LogP contribution in [-0.4, -0.2) is 28.3 Å². The molecular weight excluding hydrogens is 238 g/mol. The fraction of sp³-hybridized carbons (Fsp3) is 0.800. The third-order valence-corrected chi connectivity index (χ3v) is 4.19. The van der Waals surface area contributed by atoms with Crippen LogP contribution in [0.2, 0.25) is 0 Å². The molecule has 4 nitrogen and oxygen atoms in total. The van der Waals surface area contributed by atoms with Gasteiger partial charge in [0.1, 0.15) is 0 Å². The zero-order valence-electron chi connectivity index (χ0n) is 11.7. The Morgan fingerprint density at radius 3 is 2.84 bits per heavy atom. The van der Waals surface area contributed by atoms with Crippen LogP contribution in [0.3, 0.4) is 0 Å². The standard InChI is InChI=1S/C15H25N3O/c1-2-4-15(5-3-1)19-9-8-18-12-16-10-14(18)11-17-13-6-7-13/h10,12-13,15,17H,1-9,11H2. The lowest BCUT2D eigenvalue weighted by Gasteiger charge is -2.22. The van der Waals surface area contributed by atoms with Gasteiger partial charge in [0, 0.05) is 25.3 Å². The number of nitrogens with one attached hydrogen (secondary N) is 1. The number of hydrogen-bond donors (Lipinski definition) is 1. The second-order valence-electron chi connectivity index (χ2n) is 5.86. The van der Waals surface area contributed by atoms with Crippen LogP contribution in [-0.2, 0) is 17.8 Å². The molecule has 0 bridgehead atoms. The number of aromatic nitrogens is 2. The Labute approximate surface area is 115 Å². The van der Waals surface area contributed by atoms with Crippen LogP contribution in [0.15, 0.2) is 12.5 Å². The predicted molar refractivity (Wildman–Crippen MR) is 74.9 cm³/mol. The first-order chi connectivity index (χ1) is 9.42. The van der Waals surface area contributed by atoms with Gasteiger partial charge >= 0.3 is 0 Å². The Morgan fingerprint density at radius 2 is 2.05 bits per heavy atom. The molecule has 0 atom stereocenters. The number of imidazole rings is 1. The van der Waals surface area contributed by atoms with Crippen LogP contribution in [0.1, 0.15) is 50.6 Å². The van der Waals surface area contributed by atoms with E-state index in [9.17, 15) is 0 Å². The number of nitrogens with zero attached hydrogens (tertiary/aromatic N) is 2. The van der Waals surface area contributed by atoms with Crippen molar-refractivity contribution in [2.45, 2.75) is 70.2 Å². The van der Waals surface area contributed by atoms with Crippen molar-refractivity contribution in [2.24, 2.45) is 0 Å². The van der Waals surface area contributed by atoms with E-state index in [1.54, 1.807) is 0 Å². The van der Waals surface area contributed by atoms with Gasteiger partial charge in [-0.15, -0.1) is 0 Å². The van der Waals surface area contributed by atoms with E-state index in [0.717, 1.165) is 25.7 Å². The lowest BCUT2D eigenvalue weighted by atomic mass is 9.98. The smallest absolute Gasteiger partial charge is 0.0949 e. The van der Waals surface area contributed by atoms with E-state index in [0.29, 0.717) is 6.10 Å². The van der Waals surface area contributed by atoms with Gasteiger partial charge in [0.05, 0.1) is 24.7 Å². The number of hydrogen-bond acceptors (Lipinski definition) is 3. The first-order valence-corrected chi connectivity index (χ1v) is 7.76. The molecule has 3 rings (SSSR count). The van der Waals surface area contributed by atoms with Crippen molar-refractivity contribution < 1.29 is 4.74 Å². The molecule has 1 aromatic heterocycles. The summed E-state index contributed by atoms with van der Waals surface area (Å²) in [4.78, 5) is 4.25. The van der Waals surface area contributed by atoms with E-state index in [1.165, 1.54) is 50.6 Å². The van der Waals surface area contributed by atoms with Gasteiger partial charge in [-0.25, -0.2) is 4.98 Å². The average molecular weight is 263 g/mol. The molecule has 0 aromatic carbocycles. The van der Waals surface area contributed by atoms with Crippen LogP contribution in [0, 0.1) is 0 Å². The quantitative estimate of drug-likeness (QED) is 0.821. The van der Waals surface area contributed by atoms with Crippen molar-refractivity contribution in [2.75, 3.05) is 6.61 Å². The lowest BCUT2D eigenvalue weighted by Crippen LogP contribution is -2.21. The second kappa shape index (κ2) is 6.53. The molecule has 1 N–H and O–H groups in total. The van der Waals surface area contributed by atoms with Gasteiger partial charge in [-0.2, -0.15) is 0 Å². The molecule has 106 valence electrons. The molecule has 0 unspecified atom stereocenters. The van der Waals surface area contributed by atoms with Crippen LogP contribution in [0.5, 0.6) is 0 Å². The van der Waals surface area contributed by atoms with Crippen LogP contribution < -0.4 is 5.32 Å². The Hall–Kier alpha value is -0.870. The number of ether oxygens (including phenoxy) is 1. The predicted octanol–water partition coefficient (Wildman–Crippen LogP) is 2.48. The van der Waals surface area contributed by atoms with Gasteiger partial charge in [0.15, 0.2) is 0 Å². The molecular formula is C15H25N3O. The molecule has 0 amide bonds. The van der Waals surface area contributed by atoms with Crippen molar-refractivity contribution in [3.8, 4) is 0 Å². The summed E-state index contributed by atoms with van der Waals surface area (Å²) in [6, 6.07) is 0.752. The highest BCUT2D eigenvalue weighted by Gasteiger charge is 2.20. The van der Waals surface area contributed by atoms with Gasteiger partial charge in [0.2, 0.25) is 0 Å². The summed E-state index contributed by atoms with van der Waals surface area (Å²) < 4.78 is 8.20. The first kappa shape index (κ1) is 13.1. The van der Waals surface area contributed by atoms with Crippen molar-refractivity contribution >= 4 is 0 Å². The maximum atomic E-state index is 5.98. The van der Waals surface area contributed by atoms with Gasteiger partial charge < -0.3 is 14.6 Å². The summed E-state index contributed by atoms with van der Waals surface area (Å²) in [6.07, 6.45) is 13.6. The third kappa shape index (κ3) is 4.05. The largest absolute Gasteiger partial charge is 0.376 e. The SMILES string of the molecule is c1ncn(CCOC2CCCCC2)c1CNC1CC1. The van der Waals surface area contributed by atoms with Crippen molar-refractivity contribution in [3.63, 3.8) is 0 Å². The summed E-state index contributed by atoms with van der Waals surface area (Å²) in [5, 5.41) is 3.54. The van der Waals surface area contributed by atoms with Gasteiger partial charge in [0.25, 0.3) is 0 Å². The third-order valence-electron chi connectivity index (χ3n) is 4.19. The highest BCUT2D eigenvalue weighted by Crippen LogP contribution is 2.20. The number of rotatable bonds is 7. The molecule has 19 heavy (non-hydrogen) atoms. The van der Waals surface area contributed by atoms with E-state index in [1.807, 2.05) is 12.5 Å². The van der Waals surface area contributed by atoms with E-state index < -0.39 is 0 Å². The zero-order chi connectivity index (χ0) is 12.9. The maximum Gasteiger partial charge on any atom is 0.0949 e. The maximum absolute atomic E-state index is 5.98. The molecule has 2 aliphatic rings. The molecule has 1 heterocycles. The normalized spacial score (nSPS) is 20.8. The molecule has 0 saturated heterocycles. The van der Waals surface area contributed by atoms with Gasteiger partial charge in [-0.05, 0) is 25.7 Å². The fourth-order valence-electron chi connectivity index (χ4n) is 2.78. The van der Waals surface area contributed by atoms with E-state index in [4.69, 9.17) is 4.74 Å².